The number of likely N-dealkylation sites (N-methyl/N-ethyl adjacent to an activating group) is 1. The Kier molecular flexibility index (Phi) is 9.32. The summed E-state index contributed by atoms with van der Waals surface area (Å²) in [4.78, 5) is 29.2. The molecule has 1 rings (SSSR count). The summed E-state index contributed by atoms with van der Waals surface area (Å²) in [7, 11) is 1.36. The number of pyridine rings is 1. The van der Waals surface area contributed by atoms with Crippen LogP contribution < -0.4 is 5.32 Å². The zero-order valence-corrected chi connectivity index (χ0v) is 15.9. The molecule has 1 unspecified atom stereocenters. The third kappa shape index (κ3) is 7.74. The van der Waals surface area contributed by atoms with Gasteiger partial charge in [0, 0.05) is 13.2 Å². The average molecular weight is 371 g/mol. The van der Waals surface area contributed by atoms with Crippen LogP contribution >= 0.6 is 0 Å². The van der Waals surface area contributed by atoms with Gasteiger partial charge in [-0.25, -0.2) is 4.79 Å². The van der Waals surface area contributed by atoms with Crippen LogP contribution in [0.15, 0.2) is 18.3 Å². The van der Waals surface area contributed by atoms with Gasteiger partial charge in [-0.05, 0) is 36.8 Å². The number of rotatable bonds is 9. The Morgan fingerprint density at radius 2 is 2.11 bits per heavy atom. The number of nitriles is 2. The van der Waals surface area contributed by atoms with Gasteiger partial charge in [-0.2, -0.15) is 10.5 Å². The minimum Gasteiger partial charge on any atom is -0.450 e. The van der Waals surface area contributed by atoms with Gasteiger partial charge in [-0.15, -0.1) is 0 Å². The summed E-state index contributed by atoms with van der Waals surface area (Å²) in [6.45, 7) is 4.02. The molecule has 1 aromatic heterocycles. The van der Waals surface area contributed by atoms with Crippen molar-refractivity contribution in [3.63, 3.8) is 0 Å². The third-order valence-corrected chi connectivity index (χ3v) is 3.83. The number of nitrogens with zero attached hydrogens (tertiary/aromatic N) is 4. The minimum absolute atomic E-state index is 0.162. The van der Waals surface area contributed by atoms with Crippen LogP contribution in [-0.4, -0.2) is 41.6 Å². The van der Waals surface area contributed by atoms with E-state index in [0.29, 0.717) is 19.3 Å². The Morgan fingerprint density at radius 1 is 1.37 bits per heavy atom. The van der Waals surface area contributed by atoms with E-state index in [4.69, 9.17) is 15.3 Å². The quantitative estimate of drug-likeness (QED) is 0.403. The maximum atomic E-state index is 12.2. The van der Waals surface area contributed by atoms with Gasteiger partial charge >= 0.3 is 6.09 Å². The Labute approximate surface area is 159 Å². The summed E-state index contributed by atoms with van der Waals surface area (Å²) >= 11 is 0. The lowest BCUT2D eigenvalue weighted by molar-refractivity contribution is -0.129. The molecule has 1 atom stereocenters. The van der Waals surface area contributed by atoms with E-state index >= 15 is 0 Å². The van der Waals surface area contributed by atoms with Gasteiger partial charge in [0.05, 0.1) is 24.8 Å². The number of nitrogens with one attached hydrogen (secondary N) is 1. The minimum atomic E-state index is -0.803. The Hall–Kier alpha value is -3.13. The number of aromatic nitrogens is 1. The molecule has 1 heterocycles. The van der Waals surface area contributed by atoms with Crippen LogP contribution in [0.3, 0.4) is 0 Å². The number of hydrogen-bond donors (Lipinski definition) is 1. The molecule has 0 radical (unpaired) electrons. The predicted octanol–water partition coefficient (Wildman–Crippen LogP) is 2.16. The van der Waals surface area contributed by atoms with Crippen LogP contribution in [0.25, 0.3) is 0 Å². The lowest BCUT2D eigenvalue weighted by Gasteiger charge is -2.21. The van der Waals surface area contributed by atoms with E-state index in [1.54, 1.807) is 18.5 Å². The van der Waals surface area contributed by atoms with Crippen molar-refractivity contribution >= 4 is 12.0 Å². The first kappa shape index (κ1) is 21.9. The molecule has 1 aromatic rings. The first-order chi connectivity index (χ1) is 12.9. The summed E-state index contributed by atoms with van der Waals surface area (Å²) in [5.74, 6) is -0.310. The second kappa shape index (κ2) is 11.5. The summed E-state index contributed by atoms with van der Waals surface area (Å²) in [5, 5.41) is 20.2. The standard InChI is InChI=1S/C19H25N5O3/c1-14(2)12-17(18(25)24(3)13-21)23-19(26)27-11-5-7-15-6-4-10-22-16(15)8-9-20/h4,6,10,14,17H,5,7-8,11-12H2,1-3H3,(H,23,26). The summed E-state index contributed by atoms with van der Waals surface area (Å²) in [5.41, 5.74) is 1.68. The van der Waals surface area contributed by atoms with Crippen molar-refractivity contribution < 1.29 is 14.3 Å². The highest BCUT2D eigenvalue weighted by Gasteiger charge is 2.25. The van der Waals surface area contributed by atoms with Crippen molar-refractivity contribution in [3.05, 3.63) is 29.6 Å². The topological polar surface area (TPSA) is 119 Å². The van der Waals surface area contributed by atoms with Crippen molar-refractivity contribution in [2.45, 2.75) is 45.6 Å². The smallest absolute Gasteiger partial charge is 0.407 e. The maximum absolute atomic E-state index is 12.2. The highest BCUT2D eigenvalue weighted by atomic mass is 16.5. The molecule has 8 heteroatoms. The van der Waals surface area contributed by atoms with Crippen molar-refractivity contribution in [3.8, 4) is 12.3 Å². The average Bonchev–Trinajstić information content (AvgIpc) is 2.64. The van der Waals surface area contributed by atoms with Crippen molar-refractivity contribution in [1.29, 1.82) is 10.5 Å². The van der Waals surface area contributed by atoms with Gasteiger partial charge in [0.2, 0.25) is 0 Å². The van der Waals surface area contributed by atoms with Gasteiger partial charge in [0.1, 0.15) is 6.04 Å². The van der Waals surface area contributed by atoms with Crippen LogP contribution in [0.2, 0.25) is 0 Å². The number of alkyl carbamates (subject to hydrolysis) is 1. The Morgan fingerprint density at radius 3 is 2.74 bits per heavy atom. The molecule has 0 spiro atoms. The van der Waals surface area contributed by atoms with E-state index in [2.05, 4.69) is 16.4 Å². The van der Waals surface area contributed by atoms with Crippen molar-refractivity contribution in [2.75, 3.05) is 13.7 Å². The van der Waals surface area contributed by atoms with Gasteiger partial charge in [-0.3, -0.25) is 14.7 Å². The van der Waals surface area contributed by atoms with E-state index in [-0.39, 0.29) is 18.9 Å². The first-order valence-electron chi connectivity index (χ1n) is 8.79. The van der Waals surface area contributed by atoms with Gasteiger partial charge in [0.25, 0.3) is 5.91 Å². The molecule has 0 fully saturated rings. The van der Waals surface area contributed by atoms with Crippen LogP contribution in [0.4, 0.5) is 4.79 Å². The van der Waals surface area contributed by atoms with E-state index in [1.165, 1.54) is 7.05 Å². The summed E-state index contributed by atoms with van der Waals surface area (Å²) in [6, 6.07) is 4.98. The van der Waals surface area contributed by atoms with E-state index < -0.39 is 18.0 Å². The van der Waals surface area contributed by atoms with Crippen molar-refractivity contribution in [1.82, 2.24) is 15.2 Å². The molecule has 1 N–H and O–H groups in total. The van der Waals surface area contributed by atoms with E-state index in [0.717, 1.165) is 16.2 Å². The monoisotopic (exact) mass is 371 g/mol. The molecule has 8 nitrogen and oxygen atoms in total. The molecule has 0 aliphatic rings. The SMILES string of the molecule is CC(C)CC(NC(=O)OCCCc1cccnc1CC#N)C(=O)N(C)C#N. The molecule has 0 saturated carbocycles. The molecule has 2 amide bonds. The highest BCUT2D eigenvalue weighted by Crippen LogP contribution is 2.10. The third-order valence-electron chi connectivity index (χ3n) is 3.83. The highest BCUT2D eigenvalue weighted by molar-refractivity contribution is 5.86. The fourth-order valence-electron chi connectivity index (χ4n) is 2.52. The molecule has 0 saturated heterocycles. The Bertz CT molecular complexity index is 721. The molecule has 0 bridgehead atoms. The van der Waals surface area contributed by atoms with Crippen LogP contribution in [-0.2, 0) is 22.4 Å². The largest absolute Gasteiger partial charge is 0.450 e. The van der Waals surface area contributed by atoms with Crippen LogP contribution in [0, 0.1) is 28.7 Å². The second-order valence-electron chi connectivity index (χ2n) is 6.51. The fraction of sp³-hybridized carbons (Fsp3) is 0.526. The summed E-state index contributed by atoms with van der Waals surface area (Å²) < 4.78 is 5.15. The zero-order chi connectivity index (χ0) is 20.2. The number of hydrogen-bond acceptors (Lipinski definition) is 6. The molecule has 0 aliphatic heterocycles. The maximum Gasteiger partial charge on any atom is 0.407 e. The number of carbonyl (C=O) groups excluding carboxylic acids is 2. The summed E-state index contributed by atoms with van der Waals surface area (Å²) in [6.07, 6.45) is 4.54. The van der Waals surface area contributed by atoms with Crippen molar-refractivity contribution in [2.24, 2.45) is 5.92 Å². The van der Waals surface area contributed by atoms with Crippen LogP contribution in [0.1, 0.15) is 37.9 Å². The molecule has 0 aliphatic carbocycles. The molecular formula is C19H25N5O3. The van der Waals surface area contributed by atoms with Gasteiger partial charge in [0.15, 0.2) is 6.19 Å². The number of carbonyl (C=O) groups is 2. The predicted molar refractivity (Wildman–Crippen MR) is 98.0 cm³/mol. The molecule has 0 aromatic carbocycles. The second-order valence-corrected chi connectivity index (χ2v) is 6.51. The van der Waals surface area contributed by atoms with Gasteiger partial charge in [-0.1, -0.05) is 19.9 Å². The lowest BCUT2D eigenvalue weighted by Crippen LogP contribution is -2.47. The molecule has 27 heavy (non-hydrogen) atoms. The van der Waals surface area contributed by atoms with E-state index in [1.807, 2.05) is 19.9 Å². The zero-order valence-electron chi connectivity index (χ0n) is 15.9. The molecule has 144 valence electrons. The lowest BCUT2D eigenvalue weighted by atomic mass is 10.0. The normalized spacial score (nSPS) is 11.2. The fourth-order valence-corrected chi connectivity index (χ4v) is 2.52. The Balaban J connectivity index is 2.50. The number of amides is 2. The van der Waals surface area contributed by atoms with Gasteiger partial charge < -0.3 is 10.1 Å². The number of aryl methyl sites for hydroxylation is 1. The molecular weight excluding hydrogens is 346 g/mol. The van der Waals surface area contributed by atoms with E-state index in [9.17, 15) is 9.59 Å². The van der Waals surface area contributed by atoms with Crippen LogP contribution in [0.5, 0.6) is 0 Å². The number of ether oxygens (including phenoxy) is 1. The first-order valence-corrected chi connectivity index (χ1v) is 8.79.